The maximum absolute atomic E-state index is 4.12. The van der Waals surface area contributed by atoms with Crippen LogP contribution < -0.4 is 0 Å². The summed E-state index contributed by atoms with van der Waals surface area (Å²) < 4.78 is 1.06. The summed E-state index contributed by atoms with van der Waals surface area (Å²) in [6.45, 7) is 4.46. The van der Waals surface area contributed by atoms with Crippen molar-refractivity contribution in [2.75, 3.05) is 61.4 Å². The van der Waals surface area contributed by atoms with Crippen molar-refractivity contribution in [2.45, 2.75) is 0 Å². The van der Waals surface area contributed by atoms with Crippen LogP contribution in [0, 0.1) is 0 Å². The van der Waals surface area contributed by atoms with Crippen LogP contribution in [0.1, 0.15) is 0 Å². The standard InChI is InChI=1S/C9H23N3/c1-10-6-8-12(4,5)9-7-11(2)3/h6-9H2,1-5H3. The van der Waals surface area contributed by atoms with E-state index in [-0.39, 0.29) is 0 Å². The van der Waals surface area contributed by atoms with Gasteiger partial charge in [0.2, 0.25) is 0 Å². The summed E-state index contributed by atoms with van der Waals surface area (Å²) in [5.74, 6) is 0. The molecule has 0 atom stereocenters. The van der Waals surface area contributed by atoms with Gasteiger partial charge in [-0.3, -0.25) is 0 Å². The van der Waals surface area contributed by atoms with Crippen molar-refractivity contribution in [1.82, 2.24) is 4.90 Å². The van der Waals surface area contributed by atoms with Crippen LogP contribution >= 0.6 is 0 Å². The van der Waals surface area contributed by atoms with Gasteiger partial charge in [0.15, 0.2) is 0 Å². The van der Waals surface area contributed by atoms with E-state index in [0.29, 0.717) is 0 Å². The fourth-order valence-corrected chi connectivity index (χ4v) is 0.953. The van der Waals surface area contributed by atoms with Gasteiger partial charge in [-0.25, -0.2) is 0 Å². The normalized spacial score (nSPS) is 12.5. The van der Waals surface area contributed by atoms with E-state index in [0.717, 1.165) is 24.1 Å². The van der Waals surface area contributed by atoms with E-state index in [4.69, 9.17) is 0 Å². The highest BCUT2D eigenvalue weighted by Crippen LogP contribution is 1.97. The minimum Gasteiger partial charge on any atom is -0.660 e. The Hall–Kier alpha value is -0.120. The lowest BCUT2D eigenvalue weighted by atomic mass is 10.4. The molecule has 0 aliphatic heterocycles. The summed E-state index contributed by atoms with van der Waals surface area (Å²) in [5, 5.41) is 4.12. The average Bonchev–Trinajstić information content (AvgIpc) is 1.98. The predicted octanol–water partition coefficient (Wildman–Crippen LogP) is 0.628. The SMILES string of the molecule is C[N-]CC[N+](C)(C)CCN(C)C. The van der Waals surface area contributed by atoms with E-state index in [1.807, 2.05) is 7.05 Å². The van der Waals surface area contributed by atoms with E-state index < -0.39 is 0 Å². The molecule has 3 nitrogen and oxygen atoms in total. The summed E-state index contributed by atoms with van der Waals surface area (Å²) in [6, 6.07) is 0. The van der Waals surface area contributed by atoms with Crippen molar-refractivity contribution in [3.8, 4) is 0 Å². The summed E-state index contributed by atoms with van der Waals surface area (Å²) >= 11 is 0. The third-order valence-electron chi connectivity index (χ3n) is 2.08. The van der Waals surface area contributed by atoms with E-state index >= 15 is 0 Å². The van der Waals surface area contributed by atoms with Crippen molar-refractivity contribution in [3.63, 3.8) is 0 Å². The highest BCUT2D eigenvalue weighted by atomic mass is 15.3. The Morgan fingerprint density at radius 3 is 2.17 bits per heavy atom. The zero-order valence-corrected chi connectivity index (χ0v) is 9.17. The van der Waals surface area contributed by atoms with Gasteiger partial charge in [0.1, 0.15) is 0 Å². The third kappa shape index (κ3) is 6.58. The quantitative estimate of drug-likeness (QED) is 0.539. The molecule has 3 heteroatoms. The first-order chi connectivity index (χ1) is 5.48. The summed E-state index contributed by atoms with van der Waals surface area (Å²) in [7, 11) is 10.6. The molecule has 0 aliphatic carbocycles. The molecule has 74 valence electrons. The topological polar surface area (TPSA) is 17.3 Å². The number of quaternary nitrogens is 1. The van der Waals surface area contributed by atoms with Gasteiger partial charge in [-0.2, -0.15) is 7.05 Å². The van der Waals surface area contributed by atoms with Crippen LogP contribution in [0.25, 0.3) is 5.32 Å². The van der Waals surface area contributed by atoms with Gasteiger partial charge in [0.25, 0.3) is 0 Å². The largest absolute Gasteiger partial charge is 0.660 e. The second kappa shape index (κ2) is 5.51. The third-order valence-corrected chi connectivity index (χ3v) is 2.08. The number of rotatable bonds is 6. The zero-order chi connectivity index (χ0) is 9.61. The molecule has 0 saturated heterocycles. The van der Waals surface area contributed by atoms with Crippen molar-refractivity contribution >= 4 is 0 Å². The van der Waals surface area contributed by atoms with Crippen molar-refractivity contribution in [1.29, 1.82) is 0 Å². The second-order valence-electron chi connectivity index (χ2n) is 4.23. The van der Waals surface area contributed by atoms with Crippen LogP contribution in [0.2, 0.25) is 0 Å². The zero-order valence-electron chi connectivity index (χ0n) is 9.17. The van der Waals surface area contributed by atoms with Crippen molar-refractivity contribution < 1.29 is 4.48 Å². The Labute approximate surface area is 76.9 Å². The van der Waals surface area contributed by atoms with Crippen LogP contribution in [0.15, 0.2) is 0 Å². The molecule has 0 heterocycles. The fraction of sp³-hybridized carbons (Fsp3) is 1.00. The Bertz CT molecular complexity index is 110. The lowest BCUT2D eigenvalue weighted by Gasteiger charge is -2.33. The number of likely N-dealkylation sites (N-methyl/N-ethyl adjacent to an activating group) is 3. The highest BCUT2D eigenvalue weighted by Gasteiger charge is 2.11. The maximum atomic E-state index is 4.12. The minimum absolute atomic E-state index is 0.973. The summed E-state index contributed by atoms with van der Waals surface area (Å²) in [6.07, 6.45) is 0. The number of nitrogens with zero attached hydrogens (tertiary/aromatic N) is 3. The molecule has 12 heavy (non-hydrogen) atoms. The molecule has 0 unspecified atom stereocenters. The molecule has 0 N–H and O–H groups in total. The smallest absolute Gasteiger partial charge is 0.0911 e. The first-order valence-corrected chi connectivity index (χ1v) is 4.50. The fourth-order valence-electron chi connectivity index (χ4n) is 0.953. The minimum atomic E-state index is 0.973. The van der Waals surface area contributed by atoms with Gasteiger partial charge >= 0.3 is 0 Å². The molecule has 0 aromatic carbocycles. The molecule has 0 aromatic heterocycles. The van der Waals surface area contributed by atoms with E-state index in [2.05, 4.69) is 38.4 Å². The first-order valence-electron chi connectivity index (χ1n) is 4.50. The van der Waals surface area contributed by atoms with Crippen LogP contribution in [0.4, 0.5) is 0 Å². The van der Waals surface area contributed by atoms with Crippen LogP contribution in [-0.2, 0) is 0 Å². The van der Waals surface area contributed by atoms with Gasteiger partial charge < -0.3 is 14.7 Å². The summed E-state index contributed by atoms with van der Waals surface area (Å²) in [4.78, 5) is 2.23. The van der Waals surface area contributed by atoms with Crippen LogP contribution in [0.3, 0.4) is 0 Å². The second-order valence-corrected chi connectivity index (χ2v) is 4.23. The van der Waals surface area contributed by atoms with Crippen LogP contribution in [0.5, 0.6) is 0 Å². The number of hydrogen-bond acceptors (Lipinski definition) is 1. The van der Waals surface area contributed by atoms with Gasteiger partial charge in [-0.05, 0) is 14.1 Å². The van der Waals surface area contributed by atoms with Crippen LogP contribution in [-0.4, -0.2) is 70.8 Å². The van der Waals surface area contributed by atoms with E-state index in [1.54, 1.807) is 0 Å². The molecule has 0 rings (SSSR count). The Morgan fingerprint density at radius 1 is 1.17 bits per heavy atom. The monoisotopic (exact) mass is 173 g/mol. The lowest BCUT2D eigenvalue weighted by Crippen LogP contribution is -2.45. The number of hydrogen-bond donors (Lipinski definition) is 0. The predicted molar refractivity (Wildman–Crippen MR) is 54.5 cm³/mol. The molecule has 0 aromatic rings. The molecule has 0 fully saturated rings. The molecule has 0 bridgehead atoms. The molecular weight excluding hydrogens is 150 g/mol. The van der Waals surface area contributed by atoms with Gasteiger partial charge in [-0.15, -0.1) is 0 Å². The van der Waals surface area contributed by atoms with Gasteiger partial charge in [0, 0.05) is 6.54 Å². The Morgan fingerprint density at radius 2 is 1.75 bits per heavy atom. The first kappa shape index (κ1) is 11.9. The highest BCUT2D eigenvalue weighted by molar-refractivity contribution is 4.68. The van der Waals surface area contributed by atoms with Gasteiger partial charge in [0.05, 0.1) is 27.2 Å². The molecule has 0 radical (unpaired) electrons. The summed E-state index contributed by atoms with van der Waals surface area (Å²) in [5.41, 5.74) is 0. The lowest BCUT2D eigenvalue weighted by molar-refractivity contribution is -0.887. The molecule has 0 amide bonds. The Balaban J connectivity index is 3.56. The Kier molecular flexibility index (Phi) is 5.46. The van der Waals surface area contributed by atoms with Crippen molar-refractivity contribution in [3.05, 3.63) is 5.32 Å². The van der Waals surface area contributed by atoms with Gasteiger partial charge in [-0.1, -0.05) is 6.54 Å². The maximum Gasteiger partial charge on any atom is 0.0911 e. The molecule has 0 spiro atoms. The van der Waals surface area contributed by atoms with Crippen molar-refractivity contribution in [2.24, 2.45) is 0 Å². The molecule has 0 saturated carbocycles. The van der Waals surface area contributed by atoms with E-state index in [1.165, 1.54) is 6.54 Å². The molecular formula is C9H23N3. The van der Waals surface area contributed by atoms with E-state index in [9.17, 15) is 0 Å². The molecule has 0 aliphatic rings. The average molecular weight is 173 g/mol.